The van der Waals surface area contributed by atoms with Gasteiger partial charge in [-0.3, -0.25) is 0 Å². The summed E-state index contributed by atoms with van der Waals surface area (Å²) >= 11 is 0. The second-order valence-electron chi connectivity index (χ2n) is 20.8. The molecule has 0 amide bonds. The maximum Gasteiger partial charge on any atom is 0.0547 e. The van der Waals surface area contributed by atoms with Crippen molar-refractivity contribution in [3.63, 3.8) is 0 Å². The van der Waals surface area contributed by atoms with Crippen LogP contribution >= 0.6 is 0 Å². The molecule has 1 heterocycles. The van der Waals surface area contributed by atoms with Crippen LogP contribution in [-0.4, -0.2) is 4.57 Å². The van der Waals surface area contributed by atoms with E-state index in [9.17, 15) is 0 Å². The maximum absolute atomic E-state index is 2.53. The highest BCUT2D eigenvalue weighted by Crippen LogP contribution is 2.54. The molecule has 14 rings (SSSR count). The number of anilines is 2. The largest absolute Gasteiger partial charge is 0.311 e. The summed E-state index contributed by atoms with van der Waals surface area (Å²) in [7, 11) is 0. The van der Waals surface area contributed by atoms with Gasteiger partial charge in [0.25, 0.3) is 0 Å². The van der Waals surface area contributed by atoms with Gasteiger partial charge in [-0.15, -0.1) is 0 Å². The number of hydrogen-bond acceptors (Lipinski definition) is 1. The summed E-state index contributed by atoms with van der Waals surface area (Å²) in [5.41, 5.74) is 21.9. The molecule has 1 aromatic heterocycles. The third-order valence-corrected chi connectivity index (χ3v) is 16.3. The minimum absolute atomic E-state index is 0.00756. The minimum atomic E-state index is 0.00756. The van der Waals surface area contributed by atoms with E-state index in [2.05, 4.69) is 302 Å². The number of nitrogens with zero attached hydrogens (tertiary/aromatic N) is 2. The van der Waals surface area contributed by atoms with E-state index in [4.69, 9.17) is 0 Å². The lowest BCUT2D eigenvalue weighted by atomic mass is 9.74. The van der Waals surface area contributed by atoms with Gasteiger partial charge in [0.15, 0.2) is 0 Å². The lowest BCUT2D eigenvalue weighted by Gasteiger charge is -2.34. The molecule has 2 heteroatoms. The first-order valence-electron chi connectivity index (χ1n) is 26.3. The molecule has 2 aliphatic rings. The molecule has 2 nitrogen and oxygen atoms in total. The van der Waals surface area contributed by atoms with E-state index in [-0.39, 0.29) is 5.41 Å². The molecular weight excluding hydrogens is 905 g/mol. The zero-order chi connectivity index (χ0) is 50.0. The molecule has 356 valence electrons. The van der Waals surface area contributed by atoms with Crippen molar-refractivity contribution in [3.05, 3.63) is 296 Å². The molecule has 0 spiro atoms. The maximum atomic E-state index is 2.53. The summed E-state index contributed by atoms with van der Waals surface area (Å²) in [6.45, 7) is 4.83. The van der Waals surface area contributed by atoms with Crippen molar-refractivity contribution < 1.29 is 0 Å². The monoisotopic (exact) mass is 958 g/mol. The van der Waals surface area contributed by atoms with Gasteiger partial charge in [-0.25, -0.2) is 0 Å². The van der Waals surface area contributed by atoms with Crippen molar-refractivity contribution in [2.24, 2.45) is 5.92 Å². The molecule has 0 aliphatic heterocycles. The van der Waals surface area contributed by atoms with Crippen LogP contribution in [0.2, 0.25) is 0 Å². The molecule has 75 heavy (non-hydrogen) atoms. The number of benzene rings is 11. The fraction of sp³-hybridized carbons (Fsp3) is 0.0685. The topological polar surface area (TPSA) is 8.17 Å². The van der Waals surface area contributed by atoms with E-state index < -0.39 is 0 Å². The van der Waals surface area contributed by atoms with E-state index in [0.717, 1.165) is 17.1 Å². The number of fused-ring (bicyclic) bond motifs is 7. The smallest absolute Gasteiger partial charge is 0.0547 e. The van der Waals surface area contributed by atoms with Gasteiger partial charge in [-0.2, -0.15) is 0 Å². The quantitative estimate of drug-likeness (QED) is 0.140. The van der Waals surface area contributed by atoms with Crippen molar-refractivity contribution in [2.45, 2.75) is 25.2 Å². The molecule has 2 atom stereocenters. The number of allylic oxidation sites excluding steroid dienone is 3. The molecule has 0 saturated heterocycles. The zero-order valence-electron chi connectivity index (χ0n) is 42.1. The standard InChI is InChI=1S/C73H54N2/c1-73(2)66-30-13-11-26-63(66)64-47-46-58(48-67(64)73)74(56-42-38-51(39-43-56)49-18-5-3-6-19-49)57-44-40-52(41-45-57)50-34-36-55(37-35-50)60-25-12-14-31-68(60)75-69-32-16-27-61(54-20-7-4-8-21-54)71(69)72-65(29-17-33-70(72)75)62-28-15-23-53-22-9-10-24-59(53)62/h3-48,64,67H,1-2H3. The van der Waals surface area contributed by atoms with Crippen molar-refractivity contribution in [2.75, 3.05) is 4.90 Å². The Bertz CT molecular complexity index is 4170. The Morgan fingerprint density at radius 3 is 1.57 bits per heavy atom. The van der Waals surface area contributed by atoms with Crippen molar-refractivity contribution in [1.82, 2.24) is 4.57 Å². The summed E-state index contributed by atoms with van der Waals surface area (Å²) in [5.74, 6) is 0.709. The Kier molecular flexibility index (Phi) is 10.7. The second-order valence-corrected chi connectivity index (χ2v) is 20.8. The van der Waals surface area contributed by atoms with Gasteiger partial charge in [-0.05, 0) is 132 Å². The first-order chi connectivity index (χ1) is 37.0. The lowest BCUT2D eigenvalue weighted by molar-refractivity contribution is 0.392. The zero-order valence-corrected chi connectivity index (χ0v) is 42.1. The van der Waals surface area contributed by atoms with Gasteiger partial charge in [0, 0.05) is 39.3 Å². The predicted octanol–water partition coefficient (Wildman–Crippen LogP) is 19.6. The molecule has 2 unspecified atom stereocenters. The van der Waals surface area contributed by atoms with Crippen LogP contribution in [0, 0.1) is 5.92 Å². The van der Waals surface area contributed by atoms with Crippen LogP contribution in [-0.2, 0) is 5.41 Å². The average Bonchev–Trinajstić information content (AvgIpc) is 3.97. The number of aromatic nitrogens is 1. The number of rotatable bonds is 9. The van der Waals surface area contributed by atoms with E-state index in [1.54, 1.807) is 0 Å². The summed E-state index contributed by atoms with van der Waals surface area (Å²) in [5, 5.41) is 5.01. The lowest BCUT2D eigenvalue weighted by Crippen LogP contribution is -2.28. The average molecular weight is 959 g/mol. The third-order valence-electron chi connectivity index (χ3n) is 16.3. The molecular formula is C73H54N2. The first-order valence-corrected chi connectivity index (χ1v) is 26.3. The van der Waals surface area contributed by atoms with Crippen LogP contribution in [0.25, 0.3) is 93.9 Å². The summed E-state index contributed by atoms with van der Waals surface area (Å²) in [4.78, 5) is 2.44. The molecule has 0 fully saturated rings. The van der Waals surface area contributed by atoms with E-state index in [0.29, 0.717) is 11.8 Å². The van der Waals surface area contributed by atoms with Crippen molar-refractivity contribution >= 4 is 44.0 Å². The number of hydrogen-bond donors (Lipinski definition) is 0. The molecule has 0 N–H and O–H groups in total. The normalized spacial score (nSPS) is 15.5. The fourth-order valence-electron chi connectivity index (χ4n) is 12.7. The molecule has 2 aliphatic carbocycles. The van der Waals surface area contributed by atoms with Crippen LogP contribution in [0.15, 0.2) is 285 Å². The van der Waals surface area contributed by atoms with Crippen LogP contribution in [0.3, 0.4) is 0 Å². The van der Waals surface area contributed by atoms with Crippen LogP contribution < -0.4 is 4.90 Å². The number of para-hydroxylation sites is 1. The highest BCUT2D eigenvalue weighted by Gasteiger charge is 2.45. The molecule has 0 saturated carbocycles. The molecule has 12 aromatic rings. The third kappa shape index (κ3) is 7.47. The highest BCUT2D eigenvalue weighted by molar-refractivity contribution is 6.22. The van der Waals surface area contributed by atoms with E-state index in [1.807, 2.05) is 0 Å². The van der Waals surface area contributed by atoms with Crippen LogP contribution in [0.1, 0.15) is 30.9 Å². The summed E-state index contributed by atoms with van der Waals surface area (Å²) in [6, 6.07) is 95.9. The van der Waals surface area contributed by atoms with Gasteiger partial charge in [0.05, 0.1) is 16.7 Å². The van der Waals surface area contributed by atoms with Crippen LogP contribution in [0.4, 0.5) is 11.4 Å². The Morgan fingerprint density at radius 2 is 0.867 bits per heavy atom. The molecule has 0 bridgehead atoms. The van der Waals surface area contributed by atoms with Crippen molar-refractivity contribution in [3.8, 4) is 61.3 Å². The van der Waals surface area contributed by atoms with Gasteiger partial charge < -0.3 is 9.47 Å². The molecule has 11 aromatic carbocycles. The summed E-state index contributed by atoms with van der Waals surface area (Å²) < 4.78 is 2.50. The predicted molar refractivity (Wildman–Crippen MR) is 317 cm³/mol. The fourth-order valence-corrected chi connectivity index (χ4v) is 12.7. The molecule has 0 radical (unpaired) electrons. The Hall–Kier alpha value is -9.24. The van der Waals surface area contributed by atoms with Gasteiger partial charge in [0.1, 0.15) is 0 Å². The van der Waals surface area contributed by atoms with Gasteiger partial charge in [-0.1, -0.05) is 244 Å². The Labute approximate surface area is 439 Å². The van der Waals surface area contributed by atoms with E-state index >= 15 is 0 Å². The second kappa shape index (κ2) is 18.1. The van der Waals surface area contributed by atoms with Gasteiger partial charge >= 0.3 is 0 Å². The Morgan fingerprint density at radius 1 is 0.387 bits per heavy atom. The van der Waals surface area contributed by atoms with E-state index in [1.165, 1.54) is 105 Å². The minimum Gasteiger partial charge on any atom is -0.311 e. The highest BCUT2D eigenvalue weighted by atomic mass is 15.1. The SMILES string of the molecule is CC1(C)c2ccccc2C2C=CC(N(c3ccc(-c4ccccc4)cc3)c3ccc(-c4ccc(-c5ccccc5-n5c6cccc(-c7ccccc7)c6c6c(-c7cccc8ccccc78)cccc65)cc4)cc3)=CC21. The summed E-state index contributed by atoms with van der Waals surface area (Å²) in [6.07, 6.45) is 7.33. The van der Waals surface area contributed by atoms with Gasteiger partial charge in [0.2, 0.25) is 0 Å². The van der Waals surface area contributed by atoms with Crippen molar-refractivity contribution in [1.29, 1.82) is 0 Å². The first kappa shape index (κ1) is 44.5. The van der Waals surface area contributed by atoms with Crippen LogP contribution in [0.5, 0.6) is 0 Å². The Balaban J connectivity index is 0.841.